The molecular formula is C18H26N6O3. The van der Waals surface area contributed by atoms with Crippen molar-refractivity contribution in [3.8, 4) is 6.01 Å². The lowest BCUT2D eigenvalue weighted by Crippen LogP contribution is -2.28. The second kappa shape index (κ2) is 10.2. The van der Waals surface area contributed by atoms with Gasteiger partial charge >= 0.3 is 6.01 Å². The number of nitrogens with zero attached hydrogens (tertiary/aromatic N) is 5. The van der Waals surface area contributed by atoms with Gasteiger partial charge < -0.3 is 15.0 Å². The molecule has 0 radical (unpaired) electrons. The van der Waals surface area contributed by atoms with Gasteiger partial charge in [-0.25, -0.2) is 0 Å². The molecule has 0 saturated heterocycles. The van der Waals surface area contributed by atoms with Gasteiger partial charge in [-0.05, 0) is 25.0 Å². The number of nitrogens with one attached hydrogen (secondary N) is 1. The molecule has 9 heteroatoms. The molecule has 0 aliphatic carbocycles. The van der Waals surface area contributed by atoms with Crippen molar-refractivity contribution in [1.82, 2.24) is 15.0 Å². The van der Waals surface area contributed by atoms with Crippen molar-refractivity contribution in [1.29, 1.82) is 0 Å². The van der Waals surface area contributed by atoms with Gasteiger partial charge in [0.2, 0.25) is 11.9 Å². The fraction of sp³-hybridized carbons (Fsp3) is 0.500. The van der Waals surface area contributed by atoms with Crippen LogP contribution in [0.3, 0.4) is 0 Å². The number of benzene rings is 1. The van der Waals surface area contributed by atoms with Crippen molar-refractivity contribution in [2.45, 2.75) is 39.5 Å². The van der Waals surface area contributed by atoms with E-state index in [1.54, 1.807) is 12.1 Å². The first-order valence-electron chi connectivity index (χ1n) is 9.13. The smallest absolute Gasteiger partial charge is 0.322 e. The van der Waals surface area contributed by atoms with Gasteiger partial charge in [0.05, 0.1) is 12.0 Å². The van der Waals surface area contributed by atoms with Crippen LogP contribution in [-0.2, 0) is 0 Å². The summed E-state index contributed by atoms with van der Waals surface area (Å²) in [5.74, 6) is 0.900. The Bertz CT molecular complexity index is 730. The third-order valence-electron chi connectivity index (χ3n) is 3.97. The second-order valence-electron chi connectivity index (χ2n) is 6.07. The van der Waals surface area contributed by atoms with E-state index >= 15 is 0 Å². The van der Waals surface area contributed by atoms with Crippen LogP contribution in [0.5, 0.6) is 6.01 Å². The van der Waals surface area contributed by atoms with Gasteiger partial charge in [-0.3, -0.25) is 10.1 Å². The Morgan fingerprint density at radius 3 is 2.22 bits per heavy atom. The van der Waals surface area contributed by atoms with Crippen molar-refractivity contribution < 1.29 is 9.66 Å². The lowest BCUT2D eigenvalue weighted by Gasteiger charge is -2.22. The Kier molecular flexibility index (Phi) is 7.72. The summed E-state index contributed by atoms with van der Waals surface area (Å²) in [5, 5.41) is 13.8. The monoisotopic (exact) mass is 374 g/mol. The molecule has 0 bridgehead atoms. The number of unbranched alkanes of at least 4 members (excludes halogenated alkanes) is 2. The zero-order chi connectivity index (χ0) is 19.6. The number of anilines is 3. The summed E-state index contributed by atoms with van der Waals surface area (Å²) in [6.07, 6.45) is 4.25. The quantitative estimate of drug-likeness (QED) is 0.465. The molecule has 1 heterocycles. The van der Waals surface area contributed by atoms with Gasteiger partial charge in [0.15, 0.2) is 0 Å². The summed E-state index contributed by atoms with van der Waals surface area (Å²) < 4.78 is 5.22. The van der Waals surface area contributed by atoms with E-state index in [1.165, 1.54) is 19.2 Å². The van der Waals surface area contributed by atoms with Gasteiger partial charge in [-0.15, -0.1) is 0 Å². The lowest BCUT2D eigenvalue weighted by molar-refractivity contribution is -0.384. The summed E-state index contributed by atoms with van der Waals surface area (Å²) in [6.45, 7) is 6.02. The van der Waals surface area contributed by atoms with Crippen molar-refractivity contribution in [2.24, 2.45) is 0 Å². The first-order valence-corrected chi connectivity index (χ1v) is 9.13. The summed E-state index contributed by atoms with van der Waals surface area (Å²) in [6, 6.07) is 6.30. The number of methoxy groups -OCH3 is 1. The van der Waals surface area contributed by atoms with E-state index in [0.717, 1.165) is 38.8 Å². The largest absolute Gasteiger partial charge is 0.467 e. The van der Waals surface area contributed by atoms with Crippen LogP contribution in [-0.4, -0.2) is 40.1 Å². The van der Waals surface area contributed by atoms with Crippen LogP contribution in [0.15, 0.2) is 24.3 Å². The maximum atomic E-state index is 10.8. The number of non-ortho nitro benzene ring substituents is 1. The van der Waals surface area contributed by atoms with Crippen LogP contribution >= 0.6 is 0 Å². The minimum absolute atomic E-state index is 0.0276. The summed E-state index contributed by atoms with van der Waals surface area (Å²) in [4.78, 5) is 25.6. The fourth-order valence-electron chi connectivity index (χ4n) is 2.44. The Balaban J connectivity index is 2.25. The standard InChI is InChI=1S/C18H26N6O3/c1-4-6-12-23(13-7-5-2)17-20-16(21-18(22-17)27-3)19-14-8-10-15(11-9-14)24(25)26/h8-11H,4-7,12-13H2,1-3H3,(H,19,20,21,22). The number of rotatable bonds is 11. The van der Waals surface area contributed by atoms with E-state index in [9.17, 15) is 10.1 Å². The van der Waals surface area contributed by atoms with Gasteiger partial charge in [0, 0.05) is 30.9 Å². The third-order valence-corrected chi connectivity index (χ3v) is 3.97. The molecule has 0 spiro atoms. The Labute approximate surface area is 159 Å². The van der Waals surface area contributed by atoms with Crippen LogP contribution < -0.4 is 15.0 Å². The summed E-state index contributed by atoms with van der Waals surface area (Å²) >= 11 is 0. The highest BCUT2D eigenvalue weighted by Gasteiger charge is 2.14. The van der Waals surface area contributed by atoms with E-state index in [0.29, 0.717) is 17.6 Å². The third kappa shape index (κ3) is 6.05. The molecular weight excluding hydrogens is 348 g/mol. The van der Waals surface area contributed by atoms with E-state index in [1.807, 2.05) is 0 Å². The Hall–Kier alpha value is -2.97. The molecule has 27 heavy (non-hydrogen) atoms. The van der Waals surface area contributed by atoms with E-state index in [4.69, 9.17) is 4.74 Å². The average molecular weight is 374 g/mol. The van der Waals surface area contributed by atoms with Crippen molar-refractivity contribution in [3.63, 3.8) is 0 Å². The first-order chi connectivity index (χ1) is 13.1. The lowest BCUT2D eigenvalue weighted by atomic mass is 10.3. The topological polar surface area (TPSA) is 106 Å². The van der Waals surface area contributed by atoms with Crippen molar-refractivity contribution in [3.05, 3.63) is 34.4 Å². The molecule has 0 saturated carbocycles. The zero-order valence-corrected chi connectivity index (χ0v) is 16.0. The maximum Gasteiger partial charge on any atom is 0.322 e. The highest BCUT2D eigenvalue weighted by molar-refractivity contribution is 5.56. The number of nitro groups is 1. The number of ether oxygens (including phenoxy) is 1. The minimum atomic E-state index is -0.437. The van der Waals surface area contributed by atoms with Gasteiger partial charge in [-0.2, -0.15) is 15.0 Å². The van der Waals surface area contributed by atoms with E-state index in [-0.39, 0.29) is 11.7 Å². The molecule has 0 aliphatic rings. The minimum Gasteiger partial charge on any atom is -0.467 e. The number of hydrogen-bond acceptors (Lipinski definition) is 8. The average Bonchev–Trinajstić information content (AvgIpc) is 2.68. The molecule has 0 unspecified atom stereocenters. The predicted octanol–water partition coefficient (Wildman–Crippen LogP) is 3.94. The highest BCUT2D eigenvalue weighted by atomic mass is 16.6. The number of nitro benzene ring substituents is 1. The molecule has 0 atom stereocenters. The first kappa shape index (κ1) is 20.3. The summed E-state index contributed by atoms with van der Waals surface area (Å²) in [5.41, 5.74) is 0.674. The summed E-state index contributed by atoms with van der Waals surface area (Å²) in [7, 11) is 1.51. The number of aromatic nitrogens is 3. The molecule has 1 aromatic carbocycles. The molecule has 0 aliphatic heterocycles. The molecule has 1 aromatic heterocycles. The molecule has 0 amide bonds. The predicted molar refractivity (Wildman–Crippen MR) is 105 cm³/mol. The van der Waals surface area contributed by atoms with E-state index in [2.05, 4.69) is 39.0 Å². The van der Waals surface area contributed by atoms with Crippen LogP contribution in [0.2, 0.25) is 0 Å². The molecule has 0 fully saturated rings. The molecule has 2 aromatic rings. The van der Waals surface area contributed by atoms with Gasteiger partial charge in [0.25, 0.3) is 5.69 Å². The van der Waals surface area contributed by atoms with Crippen LogP contribution in [0.1, 0.15) is 39.5 Å². The van der Waals surface area contributed by atoms with Crippen molar-refractivity contribution >= 4 is 23.3 Å². The van der Waals surface area contributed by atoms with Crippen molar-refractivity contribution in [2.75, 3.05) is 30.4 Å². The van der Waals surface area contributed by atoms with Crippen LogP contribution in [0.4, 0.5) is 23.3 Å². The SMILES string of the molecule is CCCCN(CCCC)c1nc(Nc2ccc([N+](=O)[O-])cc2)nc(OC)n1. The molecule has 2 rings (SSSR count). The molecule has 9 nitrogen and oxygen atoms in total. The maximum absolute atomic E-state index is 10.8. The normalized spacial score (nSPS) is 10.5. The fourth-order valence-corrected chi connectivity index (χ4v) is 2.44. The molecule has 146 valence electrons. The van der Waals surface area contributed by atoms with Gasteiger partial charge in [0.1, 0.15) is 0 Å². The number of hydrogen-bond donors (Lipinski definition) is 1. The Morgan fingerprint density at radius 1 is 1.07 bits per heavy atom. The van der Waals surface area contributed by atoms with Crippen LogP contribution in [0.25, 0.3) is 0 Å². The van der Waals surface area contributed by atoms with Crippen LogP contribution in [0, 0.1) is 10.1 Å². The Morgan fingerprint density at radius 2 is 1.70 bits per heavy atom. The zero-order valence-electron chi connectivity index (χ0n) is 16.0. The highest BCUT2D eigenvalue weighted by Crippen LogP contribution is 2.21. The van der Waals surface area contributed by atoms with Gasteiger partial charge in [-0.1, -0.05) is 26.7 Å². The second-order valence-corrected chi connectivity index (χ2v) is 6.07. The molecule has 1 N–H and O–H groups in total. The van der Waals surface area contributed by atoms with E-state index < -0.39 is 4.92 Å².